The first kappa shape index (κ1) is 18.6. The Hall–Kier alpha value is -2.80. The maximum Gasteiger partial charge on any atom is 0.279 e. The highest BCUT2D eigenvalue weighted by atomic mass is 32.1. The Morgan fingerprint density at radius 2 is 2.07 bits per heavy atom. The third-order valence-corrected chi connectivity index (χ3v) is 6.34. The predicted octanol–water partition coefficient (Wildman–Crippen LogP) is 3.47. The number of aryl methyl sites for hydroxylation is 1. The second-order valence-electron chi connectivity index (χ2n) is 6.97. The summed E-state index contributed by atoms with van der Waals surface area (Å²) in [6, 6.07) is 7.38. The Morgan fingerprint density at radius 1 is 1.21 bits per heavy atom. The first-order chi connectivity index (χ1) is 13.6. The first-order valence-corrected chi connectivity index (χ1v) is 10.2. The van der Waals surface area contributed by atoms with E-state index in [9.17, 15) is 9.59 Å². The van der Waals surface area contributed by atoms with E-state index in [2.05, 4.69) is 17.8 Å². The third kappa shape index (κ3) is 4.04. The lowest BCUT2D eigenvalue weighted by Gasteiger charge is -2.19. The van der Waals surface area contributed by atoms with Crippen LogP contribution in [0.1, 0.15) is 45.4 Å². The summed E-state index contributed by atoms with van der Waals surface area (Å²) in [4.78, 5) is 26.3. The van der Waals surface area contributed by atoms with E-state index in [-0.39, 0.29) is 12.7 Å². The highest BCUT2D eigenvalue weighted by molar-refractivity contribution is 7.14. The van der Waals surface area contributed by atoms with E-state index in [0.29, 0.717) is 22.3 Å². The third-order valence-electron chi connectivity index (χ3n) is 5.11. The SMILES string of the molecule is CC[C@H]1CCc2sc(C(=O)NNC(=O)/C=C/c3ccc4c(c3)OCO4)cc2C1. The van der Waals surface area contributed by atoms with E-state index >= 15 is 0 Å². The van der Waals surface area contributed by atoms with Crippen LogP contribution < -0.4 is 20.3 Å². The van der Waals surface area contributed by atoms with Crippen LogP contribution in [0.2, 0.25) is 0 Å². The van der Waals surface area contributed by atoms with Gasteiger partial charge in [-0.1, -0.05) is 19.4 Å². The molecule has 0 bridgehead atoms. The predicted molar refractivity (Wildman–Crippen MR) is 107 cm³/mol. The zero-order chi connectivity index (χ0) is 19.5. The number of hydrazine groups is 1. The maximum absolute atomic E-state index is 12.4. The summed E-state index contributed by atoms with van der Waals surface area (Å²) in [5, 5.41) is 0. The minimum Gasteiger partial charge on any atom is -0.454 e. The molecule has 0 unspecified atom stereocenters. The number of thiophene rings is 1. The molecule has 2 N–H and O–H groups in total. The van der Waals surface area contributed by atoms with E-state index in [1.807, 2.05) is 12.1 Å². The van der Waals surface area contributed by atoms with Crippen molar-refractivity contribution >= 4 is 29.2 Å². The van der Waals surface area contributed by atoms with E-state index in [1.165, 1.54) is 40.7 Å². The van der Waals surface area contributed by atoms with Crippen molar-refractivity contribution in [2.24, 2.45) is 5.92 Å². The van der Waals surface area contributed by atoms with Crippen LogP contribution >= 0.6 is 11.3 Å². The minimum absolute atomic E-state index is 0.209. The average Bonchev–Trinajstić information content (AvgIpc) is 3.35. The molecular formula is C21H22N2O4S. The fourth-order valence-electron chi connectivity index (χ4n) is 3.47. The van der Waals surface area contributed by atoms with Gasteiger partial charge in [0.15, 0.2) is 11.5 Å². The number of hydrogen-bond acceptors (Lipinski definition) is 5. The van der Waals surface area contributed by atoms with Gasteiger partial charge < -0.3 is 9.47 Å². The molecule has 4 rings (SSSR count). The number of benzene rings is 1. The van der Waals surface area contributed by atoms with E-state index in [1.54, 1.807) is 18.2 Å². The molecule has 1 aromatic carbocycles. The average molecular weight is 398 g/mol. The molecule has 0 radical (unpaired) electrons. The number of rotatable bonds is 4. The van der Waals surface area contributed by atoms with Gasteiger partial charge in [-0.15, -0.1) is 11.3 Å². The van der Waals surface area contributed by atoms with E-state index < -0.39 is 5.91 Å². The highest BCUT2D eigenvalue weighted by Gasteiger charge is 2.22. The molecule has 146 valence electrons. The van der Waals surface area contributed by atoms with Gasteiger partial charge in [0.2, 0.25) is 6.79 Å². The van der Waals surface area contributed by atoms with Crippen molar-refractivity contribution < 1.29 is 19.1 Å². The molecule has 2 aromatic rings. The summed E-state index contributed by atoms with van der Waals surface area (Å²) in [6.45, 7) is 2.42. The second-order valence-corrected chi connectivity index (χ2v) is 8.10. The summed E-state index contributed by atoms with van der Waals surface area (Å²) in [7, 11) is 0. The lowest BCUT2D eigenvalue weighted by atomic mass is 9.87. The number of hydrogen-bond donors (Lipinski definition) is 2. The summed E-state index contributed by atoms with van der Waals surface area (Å²) in [5.74, 6) is 1.37. The van der Waals surface area contributed by atoms with Crippen molar-refractivity contribution in [1.82, 2.24) is 10.9 Å². The van der Waals surface area contributed by atoms with Gasteiger partial charge in [0, 0.05) is 11.0 Å². The van der Waals surface area contributed by atoms with Gasteiger partial charge >= 0.3 is 0 Å². The lowest BCUT2D eigenvalue weighted by Crippen LogP contribution is -2.40. The molecule has 28 heavy (non-hydrogen) atoms. The smallest absolute Gasteiger partial charge is 0.279 e. The van der Waals surface area contributed by atoms with Gasteiger partial charge in [-0.3, -0.25) is 20.4 Å². The van der Waals surface area contributed by atoms with Crippen LogP contribution in [0.4, 0.5) is 0 Å². The van der Waals surface area contributed by atoms with Crippen LogP contribution in [0.5, 0.6) is 11.5 Å². The molecule has 1 aliphatic heterocycles. The fourth-order valence-corrected chi connectivity index (χ4v) is 4.57. The minimum atomic E-state index is -0.404. The zero-order valence-electron chi connectivity index (χ0n) is 15.6. The van der Waals surface area contributed by atoms with Crippen molar-refractivity contribution in [3.8, 4) is 11.5 Å². The van der Waals surface area contributed by atoms with Crippen LogP contribution in [-0.2, 0) is 17.6 Å². The number of nitrogens with one attached hydrogen (secondary N) is 2. The van der Waals surface area contributed by atoms with Gasteiger partial charge in [0.25, 0.3) is 11.8 Å². The maximum atomic E-state index is 12.4. The Kier molecular flexibility index (Phi) is 5.34. The molecule has 0 saturated heterocycles. The van der Waals surface area contributed by atoms with Crippen LogP contribution in [0.3, 0.4) is 0 Å². The fraction of sp³-hybridized carbons (Fsp3) is 0.333. The van der Waals surface area contributed by atoms with Crippen molar-refractivity contribution in [2.75, 3.05) is 6.79 Å². The Balaban J connectivity index is 1.31. The van der Waals surface area contributed by atoms with Crippen molar-refractivity contribution in [3.05, 3.63) is 51.2 Å². The summed E-state index contributed by atoms with van der Waals surface area (Å²) >= 11 is 1.52. The summed E-state index contributed by atoms with van der Waals surface area (Å²) < 4.78 is 10.6. The van der Waals surface area contributed by atoms with Crippen molar-refractivity contribution in [2.45, 2.75) is 32.6 Å². The van der Waals surface area contributed by atoms with Gasteiger partial charge in [-0.05, 0) is 60.6 Å². The number of amides is 2. The number of fused-ring (bicyclic) bond motifs is 2. The number of carbonyl (C=O) groups is 2. The molecule has 0 fully saturated rings. The van der Waals surface area contributed by atoms with Crippen LogP contribution in [0.15, 0.2) is 30.3 Å². The van der Waals surface area contributed by atoms with Crippen LogP contribution in [0, 0.1) is 5.92 Å². The molecule has 0 spiro atoms. The van der Waals surface area contributed by atoms with E-state index in [4.69, 9.17) is 9.47 Å². The topological polar surface area (TPSA) is 76.7 Å². The molecule has 2 heterocycles. The standard InChI is InChI=1S/C21H22N2O4S/c1-2-13-4-7-18-15(9-13)11-19(28-18)21(25)23-22-20(24)8-5-14-3-6-16-17(10-14)27-12-26-16/h3,5-6,8,10-11,13H,2,4,7,9,12H2,1H3,(H,22,24)(H,23,25)/b8-5+/t13-/m0/s1. The number of carbonyl (C=O) groups excluding carboxylic acids is 2. The molecule has 0 saturated carbocycles. The second kappa shape index (κ2) is 8.06. The molecule has 7 heteroatoms. The van der Waals surface area contributed by atoms with E-state index in [0.717, 1.165) is 18.4 Å². The Bertz CT molecular complexity index is 934. The molecule has 2 aliphatic rings. The van der Waals surface area contributed by atoms with Gasteiger partial charge in [-0.2, -0.15) is 0 Å². The van der Waals surface area contributed by atoms with Crippen molar-refractivity contribution in [1.29, 1.82) is 0 Å². The molecule has 6 nitrogen and oxygen atoms in total. The Labute approximate surface area is 167 Å². The van der Waals surface area contributed by atoms with Gasteiger partial charge in [0.1, 0.15) is 0 Å². The normalized spacial score (nSPS) is 17.4. The summed E-state index contributed by atoms with van der Waals surface area (Å²) in [6.07, 6.45) is 7.45. The highest BCUT2D eigenvalue weighted by Crippen LogP contribution is 2.34. The number of ether oxygens (including phenoxy) is 2. The monoisotopic (exact) mass is 398 g/mol. The zero-order valence-corrected chi connectivity index (χ0v) is 16.4. The van der Waals surface area contributed by atoms with Gasteiger partial charge in [0.05, 0.1) is 4.88 Å². The molecule has 1 atom stereocenters. The summed E-state index contributed by atoms with van der Waals surface area (Å²) in [5.41, 5.74) is 7.00. The molecule has 1 aliphatic carbocycles. The molecule has 1 aromatic heterocycles. The van der Waals surface area contributed by atoms with Gasteiger partial charge in [-0.25, -0.2) is 0 Å². The first-order valence-electron chi connectivity index (χ1n) is 9.42. The quantitative estimate of drug-likeness (QED) is 0.611. The van der Waals surface area contributed by atoms with Crippen LogP contribution in [-0.4, -0.2) is 18.6 Å². The van der Waals surface area contributed by atoms with Crippen molar-refractivity contribution in [3.63, 3.8) is 0 Å². The molecular weight excluding hydrogens is 376 g/mol. The Morgan fingerprint density at radius 3 is 2.93 bits per heavy atom. The lowest BCUT2D eigenvalue weighted by molar-refractivity contribution is -0.117. The largest absolute Gasteiger partial charge is 0.454 e. The van der Waals surface area contributed by atoms with Crippen LogP contribution in [0.25, 0.3) is 6.08 Å². The molecule has 2 amide bonds.